The van der Waals surface area contributed by atoms with E-state index in [2.05, 4.69) is 10.3 Å². The van der Waals surface area contributed by atoms with Gasteiger partial charge in [0.25, 0.3) is 5.91 Å². The Hall–Kier alpha value is -2.05. The standard InChI is InChI=1S/C12H8Cl2N2O4/c13-9-3-6(4-10(14)16-9)11(17)15-5-7-1-2-8(20-7)12(18)19/h1-4H,5H2,(H,15,17)(H,18,19). The normalized spacial score (nSPS) is 10.3. The van der Waals surface area contributed by atoms with Crippen molar-refractivity contribution < 1.29 is 19.1 Å². The molecule has 2 heterocycles. The molecule has 2 N–H and O–H groups in total. The van der Waals surface area contributed by atoms with Crippen molar-refractivity contribution in [3.8, 4) is 0 Å². The molecule has 0 spiro atoms. The minimum Gasteiger partial charge on any atom is -0.475 e. The molecule has 0 fully saturated rings. The largest absolute Gasteiger partial charge is 0.475 e. The van der Waals surface area contributed by atoms with E-state index in [-0.39, 0.29) is 28.2 Å². The second-order valence-electron chi connectivity index (χ2n) is 3.76. The van der Waals surface area contributed by atoms with Crippen molar-refractivity contribution in [3.63, 3.8) is 0 Å². The third kappa shape index (κ3) is 3.49. The number of nitrogens with zero attached hydrogens (tertiary/aromatic N) is 1. The van der Waals surface area contributed by atoms with Crippen LogP contribution in [0.4, 0.5) is 0 Å². The van der Waals surface area contributed by atoms with Gasteiger partial charge in [0, 0.05) is 5.56 Å². The fourth-order valence-corrected chi connectivity index (χ4v) is 1.91. The molecule has 0 saturated carbocycles. The minimum atomic E-state index is -1.17. The molecular weight excluding hydrogens is 307 g/mol. The van der Waals surface area contributed by atoms with Gasteiger partial charge in [-0.15, -0.1) is 0 Å². The summed E-state index contributed by atoms with van der Waals surface area (Å²) in [5.41, 5.74) is 0.250. The molecule has 0 saturated heterocycles. The SMILES string of the molecule is O=C(NCc1ccc(C(=O)O)o1)c1cc(Cl)nc(Cl)c1. The third-order valence-corrected chi connectivity index (χ3v) is 2.71. The molecule has 0 aliphatic heterocycles. The molecular formula is C12H8Cl2N2O4. The molecule has 2 aromatic heterocycles. The van der Waals surface area contributed by atoms with Gasteiger partial charge >= 0.3 is 5.97 Å². The highest BCUT2D eigenvalue weighted by Crippen LogP contribution is 2.15. The maximum absolute atomic E-state index is 11.8. The van der Waals surface area contributed by atoms with Crippen LogP contribution in [0, 0.1) is 0 Å². The first-order valence-electron chi connectivity index (χ1n) is 5.39. The van der Waals surface area contributed by atoms with E-state index in [1.807, 2.05) is 0 Å². The Labute approximate surface area is 123 Å². The van der Waals surface area contributed by atoms with Crippen LogP contribution in [0.2, 0.25) is 10.3 Å². The average Bonchev–Trinajstić information content (AvgIpc) is 2.83. The fourth-order valence-electron chi connectivity index (χ4n) is 1.45. The quantitative estimate of drug-likeness (QED) is 0.846. The third-order valence-electron chi connectivity index (χ3n) is 2.32. The van der Waals surface area contributed by atoms with Gasteiger partial charge in [0.1, 0.15) is 16.1 Å². The van der Waals surface area contributed by atoms with Crippen LogP contribution in [-0.2, 0) is 6.54 Å². The fraction of sp³-hybridized carbons (Fsp3) is 0.0833. The first kappa shape index (κ1) is 14.4. The lowest BCUT2D eigenvalue weighted by Crippen LogP contribution is -2.22. The second kappa shape index (κ2) is 5.94. The molecule has 0 radical (unpaired) electrons. The number of halogens is 2. The smallest absolute Gasteiger partial charge is 0.371 e. The van der Waals surface area contributed by atoms with Crippen LogP contribution in [0.5, 0.6) is 0 Å². The van der Waals surface area contributed by atoms with Gasteiger partial charge in [0.15, 0.2) is 0 Å². The van der Waals surface area contributed by atoms with Crippen molar-refractivity contribution in [2.24, 2.45) is 0 Å². The molecule has 0 aliphatic carbocycles. The molecule has 1 amide bonds. The maximum atomic E-state index is 11.8. The van der Waals surface area contributed by atoms with Crippen molar-refractivity contribution in [2.45, 2.75) is 6.54 Å². The molecule has 0 aromatic carbocycles. The van der Waals surface area contributed by atoms with E-state index >= 15 is 0 Å². The molecule has 20 heavy (non-hydrogen) atoms. The van der Waals surface area contributed by atoms with Crippen LogP contribution in [0.3, 0.4) is 0 Å². The van der Waals surface area contributed by atoms with Crippen LogP contribution in [0.25, 0.3) is 0 Å². The molecule has 0 aliphatic rings. The van der Waals surface area contributed by atoms with Crippen LogP contribution in [0.1, 0.15) is 26.7 Å². The Morgan fingerprint density at radius 2 is 1.90 bits per heavy atom. The Kier molecular flexibility index (Phi) is 4.26. The number of aromatic nitrogens is 1. The molecule has 104 valence electrons. The number of pyridine rings is 1. The van der Waals surface area contributed by atoms with Gasteiger partial charge in [0.2, 0.25) is 5.76 Å². The predicted molar refractivity (Wildman–Crippen MR) is 71.1 cm³/mol. The van der Waals surface area contributed by atoms with E-state index in [4.69, 9.17) is 32.7 Å². The summed E-state index contributed by atoms with van der Waals surface area (Å²) in [6, 6.07) is 5.52. The lowest BCUT2D eigenvalue weighted by Gasteiger charge is -2.04. The van der Waals surface area contributed by atoms with E-state index in [1.54, 1.807) is 0 Å². The van der Waals surface area contributed by atoms with Crippen LogP contribution in [-0.4, -0.2) is 22.0 Å². The highest BCUT2D eigenvalue weighted by molar-refractivity contribution is 6.33. The van der Waals surface area contributed by atoms with E-state index in [0.29, 0.717) is 5.76 Å². The van der Waals surface area contributed by atoms with Gasteiger partial charge in [0.05, 0.1) is 6.54 Å². The zero-order chi connectivity index (χ0) is 14.7. The van der Waals surface area contributed by atoms with Gasteiger partial charge in [-0.1, -0.05) is 23.2 Å². The number of carboxylic acids is 1. The summed E-state index contributed by atoms with van der Waals surface area (Å²) in [7, 11) is 0. The minimum absolute atomic E-state index is 0.0453. The number of nitrogens with one attached hydrogen (secondary N) is 1. The van der Waals surface area contributed by atoms with E-state index in [0.717, 1.165) is 0 Å². The number of aromatic carboxylic acids is 1. The van der Waals surface area contributed by atoms with Crippen molar-refractivity contribution >= 4 is 35.1 Å². The Balaban J connectivity index is 2.02. The van der Waals surface area contributed by atoms with Gasteiger partial charge in [-0.25, -0.2) is 9.78 Å². The summed E-state index contributed by atoms with van der Waals surface area (Å²) < 4.78 is 5.00. The highest BCUT2D eigenvalue weighted by Gasteiger charge is 2.12. The second-order valence-corrected chi connectivity index (χ2v) is 4.53. The molecule has 2 rings (SSSR count). The summed E-state index contributed by atoms with van der Waals surface area (Å²) in [5.74, 6) is -1.47. The summed E-state index contributed by atoms with van der Waals surface area (Å²) in [6.45, 7) is 0.0453. The Morgan fingerprint density at radius 3 is 2.45 bits per heavy atom. The van der Waals surface area contributed by atoms with E-state index in [1.165, 1.54) is 24.3 Å². The molecule has 2 aromatic rings. The zero-order valence-corrected chi connectivity index (χ0v) is 11.4. The topological polar surface area (TPSA) is 92.4 Å². The summed E-state index contributed by atoms with van der Waals surface area (Å²) in [5, 5.41) is 11.5. The van der Waals surface area contributed by atoms with Crippen molar-refractivity contribution in [1.29, 1.82) is 0 Å². The van der Waals surface area contributed by atoms with Gasteiger partial charge in [-0.2, -0.15) is 0 Å². The lowest BCUT2D eigenvalue weighted by atomic mass is 10.2. The lowest BCUT2D eigenvalue weighted by molar-refractivity contribution is 0.0660. The number of carboxylic acid groups (broad SMARTS) is 1. The number of furan rings is 1. The number of hydrogen-bond acceptors (Lipinski definition) is 4. The molecule has 0 bridgehead atoms. The van der Waals surface area contributed by atoms with Crippen molar-refractivity contribution in [2.75, 3.05) is 0 Å². The molecule has 6 nitrogen and oxygen atoms in total. The maximum Gasteiger partial charge on any atom is 0.371 e. The Morgan fingerprint density at radius 1 is 1.25 bits per heavy atom. The summed E-state index contributed by atoms with van der Waals surface area (Å²) in [4.78, 5) is 26.2. The van der Waals surface area contributed by atoms with Gasteiger partial charge in [-0.3, -0.25) is 4.79 Å². The van der Waals surface area contributed by atoms with Crippen LogP contribution >= 0.6 is 23.2 Å². The van der Waals surface area contributed by atoms with Crippen LogP contribution < -0.4 is 5.32 Å². The number of hydrogen-bond donors (Lipinski definition) is 2. The zero-order valence-electron chi connectivity index (χ0n) is 9.89. The van der Waals surface area contributed by atoms with Crippen molar-refractivity contribution in [3.05, 3.63) is 51.7 Å². The number of carbonyl (C=O) groups excluding carboxylic acids is 1. The molecule has 8 heteroatoms. The van der Waals surface area contributed by atoms with Crippen molar-refractivity contribution in [1.82, 2.24) is 10.3 Å². The summed E-state index contributed by atoms with van der Waals surface area (Å²) >= 11 is 11.4. The first-order valence-corrected chi connectivity index (χ1v) is 6.14. The molecule has 0 unspecified atom stereocenters. The highest BCUT2D eigenvalue weighted by atomic mass is 35.5. The van der Waals surface area contributed by atoms with Gasteiger partial charge < -0.3 is 14.8 Å². The average molecular weight is 315 g/mol. The Bertz CT molecular complexity index is 649. The van der Waals surface area contributed by atoms with E-state index < -0.39 is 11.9 Å². The first-order chi connectivity index (χ1) is 9.45. The monoisotopic (exact) mass is 314 g/mol. The van der Waals surface area contributed by atoms with Crippen LogP contribution in [0.15, 0.2) is 28.7 Å². The molecule has 0 atom stereocenters. The number of rotatable bonds is 4. The van der Waals surface area contributed by atoms with E-state index in [9.17, 15) is 9.59 Å². The van der Waals surface area contributed by atoms with Gasteiger partial charge in [-0.05, 0) is 24.3 Å². The summed E-state index contributed by atoms with van der Waals surface area (Å²) in [6.07, 6.45) is 0. The number of carbonyl (C=O) groups is 2. The number of amides is 1. The predicted octanol–water partition coefficient (Wildman–Crippen LogP) is 2.61.